The smallest absolute Gasteiger partial charge is 0.246 e. The molecular formula is C20H20ClN3OS. The van der Waals surface area contributed by atoms with Crippen LogP contribution in [0.5, 0.6) is 0 Å². The molecule has 1 amide bonds. The van der Waals surface area contributed by atoms with Gasteiger partial charge in [-0.3, -0.25) is 9.79 Å². The van der Waals surface area contributed by atoms with E-state index in [1.165, 1.54) is 17.4 Å². The highest BCUT2D eigenvalue weighted by Gasteiger charge is 2.31. The van der Waals surface area contributed by atoms with Crippen LogP contribution in [-0.2, 0) is 11.3 Å². The Morgan fingerprint density at radius 2 is 2.19 bits per heavy atom. The van der Waals surface area contributed by atoms with Crippen molar-refractivity contribution in [3.8, 4) is 0 Å². The summed E-state index contributed by atoms with van der Waals surface area (Å²) in [5.74, 6) is -0.0719. The van der Waals surface area contributed by atoms with Crippen molar-refractivity contribution in [3.05, 3.63) is 75.0 Å². The van der Waals surface area contributed by atoms with Gasteiger partial charge in [0.15, 0.2) is 0 Å². The summed E-state index contributed by atoms with van der Waals surface area (Å²) >= 11 is 7.80. The van der Waals surface area contributed by atoms with Crippen LogP contribution in [0.2, 0.25) is 4.34 Å². The predicted molar refractivity (Wildman–Crippen MR) is 110 cm³/mol. The molecule has 2 aromatic rings. The summed E-state index contributed by atoms with van der Waals surface area (Å²) in [6, 6.07) is 10.0. The van der Waals surface area contributed by atoms with Crippen LogP contribution in [0.4, 0.5) is 0 Å². The zero-order valence-electron chi connectivity index (χ0n) is 14.5. The van der Waals surface area contributed by atoms with Crippen molar-refractivity contribution in [2.24, 2.45) is 10.7 Å². The van der Waals surface area contributed by atoms with Crippen molar-refractivity contribution in [1.29, 1.82) is 0 Å². The molecule has 0 saturated carbocycles. The third-order valence-electron chi connectivity index (χ3n) is 4.46. The summed E-state index contributed by atoms with van der Waals surface area (Å²) in [6.45, 7) is 4.74. The number of allylic oxidation sites excluding steroid dienone is 1. The highest BCUT2D eigenvalue weighted by molar-refractivity contribution is 7.16. The van der Waals surface area contributed by atoms with Crippen LogP contribution >= 0.6 is 22.9 Å². The van der Waals surface area contributed by atoms with E-state index in [1.54, 1.807) is 24.2 Å². The maximum absolute atomic E-state index is 12.2. The maximum atomic E-state index is 12.2. The topological polar surface area (TPSA) is 58.7 Å². The number of nitrogens with two attached hydrogens (primary N) is 1. The molecule has 0 aliphatic carbocycles. The van der Waals surface area contributed by atoms with Gasteiger partial charge in [0, 0.05) is 41.9 Å². The largest absolute Gasteiger partial charge is 0.398 e. The number of rotatable bonds is 4. The van der Waals surface area contributed by atoms with Crippen molar-refractivity contribution in [2.75, 3.05) is 13.6 Å². The molecule has 4 nitrogen and oxygen atoms in total. The highest BCUT2D eigenvalue weighted by Crippen LogP contribution is 2.41. The third-order valence-corrected chi connectivity index (χ3v) is 5.73. The average Bonchev–Trinajstić information content (AvgIpc) is 3.04. The second kappa shape index (κ2) is 7.89. The number of thiophene rings is 1. The Labute approximate surface area is 162 Å². The Balaban J connectivity index is 2.10. The normalized spacial score (nSPS) is 17.4. The van der Waals surface area contributed by atoms with E-state index in [0.717, 1.165) is 25.9 Å². The molecule has 1 aromatic carbocycles. The number of amides is 1. The number of carbonyl (C=O) groups is 1. The van der Waals surface area contributed by atoms with Gasteiger partial charge in [0.2, 0.25) is 5.91 Å². The molecule has 0 fully saturated rings. The summed E-state index contributed by atoms with van der Waals surface area (Å²) in [7, 11) is 1.70. The number of aliphatic imine (C=N–C) groups is 1. The molecule has 1 aromatic heterocycles. The Hall–Kier alpha value is -2.37. The van der Waals surface area contributed by atoms with Crippen molar-refractivity contribution in [3.63, 3.8) is 0 Å². The van der Waals surface area contributed by atoms with Crippen molar-refractivity contribution in [2.45, 2.75) is 12.5 Å². The van der Waals surface area contributed by atoms with Crippen LogP contribution in [0.3, 0.4) is 0 Å². The molecule has 0 bridgehead atoms. The Morgan fingerprint density at radius 1 is 1.42 bits per heavy atom. The Bertz CT molecular complexity index is 900. The molecule has 134 valence electrons. The van der Waals surface area contributed by atoms with Crippen LogP contribution in [-0.4, -0.2) is 30.6 Å². The van der Waals surface area contributed by atoms with E-state index in [0.29, 0.717) is 18.8 Å². The lowest BCUT2D eigenvalue weighted by molar-refractivity contribution is -0.127. The summed E-state index contributed by atoms with van der Waals surface area (Å²) in [6.07, 6.45) is 4.82. The zero-order chi connectivity index (χ0) is 18.7. The molecule has 6 heteroatoms. The van der Waals surface area contributed by atoms with Crippen LogP contribution in [0.25, 0.3) is 5.70 Å². The fraction of sp³-hybridized carbons (Fsp3) is 0.200. The molecule has 1 aliphatic rings. The number of hydrogen-bond donors (Lipinski definition) is 1. The fourth-order valence-electron chi connectivity index (χ4n) is 3.26. The standard InChI is InChI=1S/C20H20ClN3OS/c1-3-20(25)24-11-16(15-10-19(21)26-18(15)12-24)13-6-4-5-7-14(13)17(22)8-9-23-2/h3-10,16H,1,11-12,22H2,2H3/t16-/m0/s1. The molecule has 0 unspecified atom stereocenters. The van der Waals surface area contributed by atoms with E-state index in [9.17, 15) is 4.79 Å². The van der Waals surface area contributed by atoms with Gasteiger partial charge in [-0.15, -0.1) is 11.3 Å². The van der Waals surface area contributed by atoms with Gasteiger partial charge in [-0.2, -0.15) is 0 Å². The lowest BCUT2D eigenvalue weighted by atomic mass is 9.85. The first-order chi connectivity index (χ1) is 12.5. The van der Waals surface area contributed by atoms with Crippen molar-refractivity contribution < 1.29 is 4.79 Å². The van der Waals surface area contributed by atoms with Crippen LogP contribution in [0.1, 0.15) is 27.5 Å². The maximum Gasteiger partial charge on any atom is 0.246 e. The SMILES string of the molecule is C=CC(=O)N1Cc2sc(Cl)cc2[C@H](c2ccccc2C(N)=CC=NC)C1. The van der Waals surface area contributed by atoms with Crippen LogP contribution in [0.15, 0.2) is 54.1 Å². The van der Waals surface area contributed by atoms with Crippen LogP contribution in [0, 0.1) is 0 Å². The van der Waals surface area contributed by atoms with E-state index >= 15 is 0 Å². The van der Waals surface area contributed by atoms with Crippen molar-refractivity contribution >= 4 is 40.8 Å². The molecule has 1 atom stereocenters. The quantitative estimate of drug-likeness (QED) is 0.637. The van der Waals surface area contributed by atoms with E-state index in [-0.39, 0.29) is 11.8 Å². The second-order valence-electron chi connectivity index (χ2n) is 6.02. The summed E-state index contributed by atoms with van der Waals surface area (Å²) in [5, 5.41) is 0. The first-order valence-electron chi connectivity index (χ1n) is 8.21. The van der Waals surface area contributed by atoms with Gasteiger partial charge in [-0.1, -0.05) is 42.4 Å². The van der Waals surface area contributed by atoms with Gasteiger partial charge < -0.3 is 10.6 Å². The fourth-order valence-corrected chi connectivity index (χ4v) is 4.61. The lowest BCUT2D eigenvalue weighted by Crippen LogP contribution is -2.37. The first kappa shape index (κ1) is 18.4. The number of halogens is 1. The predicted octanol–water partition coefficient (Wildman–Crippen LogP) is 4.06. The van der Waals surface area contributed by atoms with Crippen LogP contribution < -0.4 is 5.73 Å². The number of carbonyl (C=O) groups excluding carboxylic acids is 1. The van der Waals surface area contributed by atoms with E-state index < -0.39 is 0 Å². The molecule has 2 heterocycles. The van der Waals surface area contributed by atoms with Gasteiger partial charge in [0.25, 0.3) is 0 Å². The Morgan fingerprint density at radius 3 is 2.92 bits per heavy atom. The molecule has 0 radical (unpaired) electrons. The van der Waals surface area contributed by atoms with E-state index in [2.05, 4.69) is 17.6 Å². The second-order valence-corrected chi connectivity index (χ2v) is 7.79. The molecule has 3 rings (SSSR count). The monoisotopic (exact) mass is 385 g/mol. The average molecular weight is 386 g/mol. The minimum atomic E-state index is -0.0794. The van der Waals surface area contributed by atoms with Gasteiger partial charge in [0.05, 0.1) is 10.9 Å². The van der Waals surface area contributed by atoms with Gasteiger partial charge >= 0.3 is 0 Å². The van der Waals surface area contributed by atoms with E-state index in [4.69, 9.17) is 17.3 Å². The van der Waals surface area contributed by atoms with Gasteiger partial charge in [0.1, 0.15) is 0 Å². The minimum absolute atomic E-state index is 0.00751. The number of benzene rings is 1. The van der Waals surface area contributed by atoms with Gasteiger partial charge in [-0.25, -0.2) is 0 Å². The minimum Gasteiger partial charge on any atom is -0.398 e. The summed E-state index contributed by atoms with van der Waals surface area (Å²) in [4.78, 5) is 19.1. The number of fused-ring (bicyclic) bond motifs is 1. The number of nitrogens with zero attached hydrogens (tertiary/aromatic N) is 2. The summed E-state index contributed by atoms with van der Waals surface area (Å²) < 4.78 is 0.729. The third kappa shape index (κ3) is 3.59. The van der Waals surface area contributed by atoms with E-state index in [1.807, 2.05) is 24.3 Å². The first-order valence-corrected chi connectivity index (χ1v) is 9.41. The van der Waals surface area contributed by atoms with Crippen molar-refractivity contribution in [1.82, 2.24) is 4.90 Å². The summed E-state index contributed by atoms with van der Waals surface area (Å²) in [5.41, 5.74) is 10.1. The molecule has 2 N–H and O–H groups in total. The molecule has 0 saturated heterocycles. The number of hydrogen-bond acceptors (Lipinski definition) is 4. The molecule has 26 heavy (non-hydrogen) atoms. The Kier molecular flexibility index (Phi) is 5.59. The molecule has 0 spiro atoms. The highest BCUT2D eigenvalue weighted by atomic mass is 35.5. The molecule has 1 aliphatic heterocycles. The zero-order valence-corrected chi connectivity index (χ0v) is 16.1. The molecular weight excluding hydrogens is 366 g/mol. The lowest BCUT2D eigenvalue weighted by Gasteiger charge is -2.33. The van der Waals surface area contributed by atoms with Gasteiger partial charge in [-0.05, 0) is 29.3 Å².